The van der Waals surface area contributed by atoms with Gasteiger partial charge in [-0.1, -0.05) is 30.7 Å². The van der Waals surface area contributed by atoms with Crippen LogP contribution in [0.5, 0.6) is 0 Å². The van der Waals surface area contributed by atoms with E-state index in [4.69, 9.17) is 5.11 Å². The number of aryl methyl sites for hydroxylation is 1. The molecule has 0 bridgehead atoms. The Morgan fingerprint density at radius 2 is 2.10 bits per heavy atom. The zero-order chi connectivity index (χ0) is 15.2. The van der Waals surface area contributed by atoms with Crippen LogP contribution in [0.1, 0.15) is 54.1 Å². The molecular formula is C18H23NO2. The fraction of sp³-hybridized carbons (Fsp3) is 0.500. The molecule has 3 heteroatoms. The molecule has 2 rings (SSSR count). The van der Waals surface area contributed by atoms with E-state index in [0.717, 1.165) is 30.5 Å². The molecule has 1 aliphatic rings. The van der Waals surface area contributed by atoms with Gasteiger partial charge in [-0.2, -0.15) is 0 Å². The van der Waals surface area contributed by atoms with Gasteiger partial charge in [0, 0.05) is 23.7 Å². The summed E-state index contributed by atoms with van der Waals surface area (Å²) in [7, 11) is 0. The summed E-state index contributed by atoms with van der Waals surface area (Å²) in [4.78, 5) is 14.7. The smallest absolute Gasteiger partial charge is 0.254 e. The highest BCUT2D eigenvalue weighted by atomic mass is 16.2. The Hall–Kier alpha value is -1.79. The molecule has 0 aromatic heterocycles. The minimum Gasteiger partial charge on any atom is -0.384 e. The predicted octanol–water partition coefficient (Wildman–Crippen LogP) is 2.74. The van der Waals surface area contributed by atoms with Crippen molar-refractivity contribution in [2.75, 3.05) is 13.2 Å². The lowest BCUT2D eigenvalue weighted by molar-refractivity contribution is 0.0693. The number of carbonyl (C=O) groups is 1. The standard InChI is InChI=1S/C18H23NO2/c1-3-19(17-8-4-5-9-17)18(21)16-11-10-14(2)15(13-16)7-6-12-20/h10-11,13,17,20H,3-5,8-9,12H2,1-2H3. The van der Waals surface area contributed by atoms with E-state index in [-0.39, 0.29) is 12.5 Å². The molecule has 0 radical (unpaired) electrons. The molecule has 3 nitrogen and oxygen atoms in total. The van der Waals surface area contributed by atoms with Crippen molar-refractivity contribution in [2.24, 2.45) is 0 Å². The molecule has 1 saturated carbocycles. The van der Waals surface area contributed by atoms with Crippen molar-refractivity contribution in [3.8, 4) is 11.8 Å². The maximum atomic E-state index is 12.7. The van der Waals surface area contributed by atoms with Gasteiger partial charge in [-0.3, -0.25) is 4.79 Å². The zero-order valence-electron chi connectivity index (χ0n) is 12.9. The third-order valence-electron chi connectivity index (χ3n) is 4.15. The molecule has 1 aromatic rings. The maximum absolute atomic E-state index is 12.7. The number of hydrogen-bond acceptors (Lipinski definition) is 2. The highest BCUT2D eigenvalue weighted by Gasteiger charge is 2.26. The first kappa shape index (κ1) is 15.6. The SMILES string of the molecule is CCN(C(=O)c1ccc(C)c(C#CCO)c1)C1CCCC1. The second-order valence-electron chi connectivity index (χ2n) is 5.52. The van der Waals surface area contributed by atoms with E-state index >= 15 is 0 Å². The number of benzene rings is 1. The third-order valence-corrected chi connectivity index (χ3v) is 4.15. The van der Waals surface area contributed by atoms with Gasteiger partial charge in [-0.25, -0.2) is 0 Å². The fourth-order valence-corrected chi connectivity index (χ4v) is 2.97. The van der Waals surface area contributed by atoms with Crippen LogP contribution in [0.4, 0.5) is 0 Å². The zero-order valence-corrected chi connectivity index (χ0v) is 12.9. The molecule has 21 heavy (non-hydrogen) atoms. The van der Waals surface area contributed by atoms with E-state index in [9.17, 15) is 4.79 Å². The van der Waals surface area contributed by atoms with E-state index < -0.39 is 0 Å². The Balaban J connectivity index is 2.25. The van der Waals surface area contributed by atoms with Crippen LogP contribution in [0.3, 0.4) is 0 Å². The second-order valence-corrected chi connectivity index (χ2v) is 5.52. The van der Waals surface area contributed by atoms with E-state index in [0.29, 0.717) is 11.6 Å². The lowest BCUT2D eigenvalue weighted by Gasteiger charge is -2.28. The van der Waals surface area contributed by atoms with Crippen molar-refractivity contribution < 1.29 is 9.90 Å². The topological polar surface area (TPSA) is 40.5 Å². The van der Waals surface area contributed by atoms with E-state index in [1.165, 1.54) is 12.8 Å². The summed E-state index contributed by atoms with van der Waals surface area (Å²) in [5.74, 6) is 5.66. The minimum atomic E-state index is -0.166. The Morgan fingerprint density at radius 1 is 1.38 bits per heavy atom. The summed E-state index contributed by atoms with van der Waals surface area (Å²) in [6.45, 7) is 4.58. The Bertz CT molecular complexity index is 562. The number of rotatable bonds is 3. The molecule has 0 aliphatic heterocycles. The molecule has 0 atom stereocenters. The summed E-state index contributed by atoms with van der Waals surface area (Å²) in [5.41, 5.74) is 2.53. The van der Waals surface area contributed by atoms with E-state index in [1.807, 2.05) is 36.9 Å². The molecule has 1 N–H and O–H groups in total. The Morgan fingerprint density at radius 3 is 2.71 bits per heavy atom. The number of aliphatic hydroxyl groups is 1. The average Bonchev–Trinajstić information content (AvgIpc) is 3.01. The Labute approximate surface area is 127 Å². The first-order chi connectivity index (χ1) is 10.2. The number of nitrogens with zero attached hydrogens (tertiary/aromatic N) is 1. The lowest BCUT2D eigenvalue weighted by Crippen LogP contribution is -2.38. The first-order valence-corrected chi connectivity index (χ1v) is 7.68. The van der Waals surface area contributed by atoms with Crippen LogP contribution >= 0.6 is 0 Å². The first-order valence-electron chi connectivity index (χ1n) is 7.68. The van der Waals surface area contributed by atoms with Gasteiger partial charge in [-0.05, 0) is 44.4 Å². The maximum Gasteiger partial charge on any atom is 0.254 e. The highest BCUT2D eigenvalue weighted by Crippen LogP contribution is 2.25. The van der Waals surface area contributed by atoms with Crippen molar-refractivity contribution in [1.29, 1.82) is 0 Å². The quantitative estimate of drug-likeness (QED) is 0.868. The van der Waals surface area contributed by atoms with E-state index in [1.54, 1.807) is 0 Å². The van der Waals surface area contributed by atoms with Gasteiger partial charge in [0.05, 0.1) is 0 Å². The third kappa shape index (κ3) is 3.65. The van der Waals surface area contributed by atoms with Gasteiger partial charge < -0.3 is 10.0 Å². The monoisotopic (exact) mass is 285 g/mol. The summed E-state index contributed by atoms with van der Waals surface area (Å²) in [6.07, 6.45) is 4.66. The largest absolute Gasteiger partial charge is 0.384 e. The molecule has 0 unspecified atom stereocenters. The summed E-state index contributed by atoms with van der Waals surface area (Å²) < 4.78 is 0. The van der Waals surface area contributed by atoms with Crippen molar-refractivity contribution >= 4 is 5.91 Å². The molecule has 1 amide bonds. The average molecular weight is 285 g/mol. The van der Waals surface area contributed by atoms with E-state index in [2.05, 4.69) is 11.8 Å². The molecular weight excluding hydrogens is 262 g/mol. The number of hydrogen-bond donors (Lipinski definition) is 1. The molecule has 0 saturated heterocycles. The minimum absolute atomic E-state index is 0.0939. The lowest BCUT2D eigenvalue weighted by atomic mass is 10.0. The molecule has 1 fully saturated rings. The van der Waals surface area contributed by atoms with Crippen LogP contribution in [0.2, 0.25) is 0 Å². The number of amides is 1. The van der Waals surface area contributed by atoms with Gasteiger partial charge in [-0.15, -0.1) is 0 Å². The molecule has 1 aromatic carbocycles. The summed E-state index contributed by atoms with van der Waals surface area (Å²) in [5, 5.41) is 8.82. The number of carbonyl (C=O) groups excluding carboxylic acids is 1. The van der Waals surface area contributed by atoms with Gasteiger partial charge in [0.2, 0.25) is 0 Å². The van der Waals surface area contributed by atoms with Crippen molar-refractivity contribution in [3.63, 3.8) is 0 Å². The highest BCUT2D eigenvalue weighted by molar-refractivity contribution is 5.95. The molecule has 0 spiro atoms. The molecule has 1 aliphatic carbocycles. The van der Waals surface area contributed by atoms with Gasteiger partial charge in [0.25, 0.3) is 5.91 Å². The van der Waals surface area contributed by atoms with Gasteiger partial charge >= 0.3 is 0 Å². The van der Waals surface area contributed by atoms with Crippen molar-refractivity contribution in [1.82, 2.24) is 4.90 Å². The fourth-order valence-electron chi connectivity index (χ4n) is 2.97. The summed E-state index contributed by atoms with van der Waals surface area (Å²) in [6, 6.07) is 6.03. The van der Waals surface area contributed by atoms with Crippen LogP contribution in [0.15, 0.2) is 18.2 Å². The molecule has 112 valence electrons. The van der Waals surface area contributed by atoms with Gasteiger partial charge in [0.15, 0.2) is 0 Å². The molecule has 0 heterocycles. The van der Waals surface area contributed by atoms with Crippen LogP contribution in [0.25, 0.3) is 0 Å². The normalized spacial score (nSPS) is 14.6. The van der Waals surface area contributed by atoms with Gasteiger partial charge in [0.1, 0.15) is 6.61 Å². The predicted molar refractivity (Wildman–Crippen MR) is 84.1 cm³/mol. The Kier molecular flexibility index (Phi) is 5.41. The van der Waals surface area contributed by atoms with Crippen LogP contribution in [-0.2, 0) is 0 Å². The van der Waals surface area contributed by atoms with Crippen LogP contribution < -0.4 is 0 Å². The van der Waals surface area contributed by atoms with Crippen LogP contribution in [0, 0.1) is 18.8 Å². The second kappa shape index (κ2) is 7.28. The van der Waals surface area contributed by atoms with Crippen molar-refractivity contribution in [2.45, 2.75) is 45.6 Å². The summed E-state index contributed by atoms with van der Waals surface area (Å²) >= 11 is 0. The van der Waals surface area contributed by atoms with Crippen molar-refractivity contribution in [3.05, 3.63) is 34.9 Å². The van der Waals surface area contributed by atoms with Crippen LogP contribution in [-0.4, -0.2) is 35.1 Å². The number of aliphatic hydroxyl groups excluding tert-OH is 1.